The van der Waals surface area contributed by atoms with Crippen LogP contribution in [0.3, 0.4) is 0 Å². The van der Waals surface area contributed by atoms with Crippen LogP contribution in [0.4, 0.5) is 5.69 Å². The molecule has 1 aromatic carbocycles. The number of carbonyl (C=O) groups excluding carboxylic acids is 1. The second kappa shape index (κ2) is 4.21. The minimum absolute atomic E-state index is 0.100. The zero-order valence-corrected chi connectivity index (χ0v) is 10.00. The number of aromatic nitrogens is 4. The summed E-state index contributed by atoms with van der Waals surface area (Å²) in [7, 11) is 1.78. The number of tetrazole rings is 1. The van der Waals surface area contributed by atoms with E-state index in [9.17, 15) is 4.79 Å². The van der Waals surface area contributed by atoms with Crippen LogP contribution in [0.2, 0.25) is 0 Å². The summed E-state index contributed by atoms with van der Waals surface area (Å²) in [4.78, 5) is 11.7. The average Bonchev–Trinajstić information content (AvgIpc) is 3.13. The third kappa shape index (κ3) is 2.09. The van der Waals surface area contributed by atoms with Crippen molar-refractivity contribution < 1.29 is 4.79 Å². The van der Waals surface area contributed by atoms with Crippen LogP contribution in [0.5, 0.6) is 0 Å². The first-order chi connectivity index (χ1) is 8.74. The molecule has 18 heavy (non-hydrogen) atoms. The number of anilines is 1. The number of aryl methyl sites for hydroxylation is 1. The van der Waals surface area contributed by atoms with Crippen LogP contribution in [0, 0.1) is 5.92 Å². The standard InChI is InChI=1S/C12H13N5O/c1-17-11(14-15-16-17)9-3-2-4-10(7-9)13-12(18)8-5-6-8/h2-4,7-8H,5-6H2,1H3,(H,13,18). The lowest BCUT2D eigenvalue weighted by Gasteiger charge is -2.06. The van der Waals surface area contributed by atoms with Gasteiger partial charge in [-0.3, -0.25) is 4.79 Å². The number of hydrogen-bond acceptors (Lipinski definition) is 4. The van der Waals surface area contributed by atoms with Gasteiger partial charge in [0.25, 0.3) is 0 Å². The molecule has 0 spiro atoms. The number of nitrogens with zero attached hydrogens (tertiary/aromatic N) is 4. The Hall–Kier alpha value is -2.24. The van der Waals surface area contributed by atoms with Gasteiger partial charge in [0.15, 0.2) is 5.82 Å². The van der Waals surface area contributed by atoms with Gasteiger partial charge in [-0.15, -0.1) is 5.10 Å². The highest BCUT2D eigenvalue weighted by atomic mass is 16.2. The monoisotopic (exact) mass is 243 g/mol. The zero-order chi connectivity index (χ0) is 12.5. The van der Waals surface area contributed by atoms with E-state index in [1.807, 2.05) is 24.3 Å². The summed E-state index contributed by atoms with van der Waals surface area (Å²) in [6.45, 7) is 0. The average molecular weight is 243 g/mol. The number of amides is 1. The van der Waals surface area contributed by atoms with Crippen molar-refractivity contribution in [1.82, 2.24) is 20.2 Å². The fourth-order valence-corrected chi connectivity index (χ4v) is 1.80. The Morgan fingerprint density at radius 2 is 2.28 bits per heavy atom. The molecule has 1 fully saturated rings. The normalized spacial score (nSPS) is 14.5. The molecule has 3 rings (SSSR count). The van der Waals surface area contributed by atoms with E-state index in [0.29, 0.717) is 5.82 Å². The van der Waals surface area contributed by atoms with Crippen molar-refractivity contribution in [1.29, 1.82) is 0 Å². The molecular weight excluding hydrogens is 230 g/mol. The lowest BCUT2D eigenvalue weighted by Crippen LogP contribution is -2.13. The molecule has 6 nitrogen and oxygen atoms in total. The maximum atomic E-state index is 11.7. The molecule has 0 aliphatic heterocycles. The number of carbonyl (C=O) groups is 1. The third-order valence-electron chi connectivity index (χ3n) is 2.96. The van der Waals surface area contributed by atoms with Gasteiger partial charge in [0.2, 0.25) is 5.91 Å². The van der Waals surface area contributed by atoms with Crippen LogP contribution in [0.1, 0.15) is 12.8 Å². The highest BCUT2D eigenvalue weighted by Gasteiger charge is 2.29. The number of benzene rings is 1. The van der Waals surface area contributed by atoms with Gasteiger partial charge in [-0.05, 0) is 35.4 Å². The second-order valence-electron chi connectivity index (χ2n) is 4.47. The number of hydrogen-bond donors (Lipinski definition) is 1. The van der Waals surface area contributed by atoms with Gasteiger partial charge in [0.1, 0.15) is 0 Å². The Bertz CT molecular complexity index is 588. The van der Waals surface area contributed by atoms with Crippen molar-refractivity contribution in [3.05, 3.63) is 24.3 Å². The van der Waals surface area contributed by atoms with E-state index in [2.05, 4.69) is 20.8 Å². The topological polar surface area (TPSA) is 72.7 Å². The third-order valence-corrected chi connectivity index (χ3v) is 2.96. The lowest BCUT2D eigenvalue weighted by molar-refractivity contribution is -0.117. The first-order valence-electron chi connectivity index (χ1n) is 5.88. The Labute approximate surface area is 104 Å². The summed E-state index contributed by atoms with van der Waals surface area (Å²) in [5.74, 6) is 0.978. The van der Waals surface area contributed by atoms with Gasteiger partial charge >= 0.3 is 0 Å². The molecule has 1 amide bonds. The Kier molecular flexibility index (Phi) is 2.55. The molecular formula is C12H13N5O. The molecule has 0 unspecified atom stereocenters. The summed E-state index contributed by atoms with van der Waals surface area (Å²) >= 11 is 0. The number of nitrogens with one attached hydrogen (secondary N) is 1. The fraction of sp³-hybridized carbons (Fsp3) is 0.333. The number of rotatable bonds is 3. The molecule has 1 aliphatic carbocycles. The fourth-order valence-electron chi connectivity index (χ4n) is 1.80. The minimum atomic E-state index is 0.100. The zero-order valence-electron chi connectivity index (χ0n) is 10.00. The maximum absolute atomic E-state index is 11.7. The molecule has 1 aromatic heterocycles. The quantitative estimate of drug-likeness (QED) is 0.879. The second-order valence-corrected chi connectivity index (χ2v) is 4.47. The van der Waals surface area contributed by atoms with Gasteiger partial charge < -0.3 is 5.32 Å². The van der Waals surface area contributed by atoms with E-state index in [-0.39, 0.29) is 11.8 Å². The van der Waals surface area contributed by atoms with E-state index in [4.69, 9.17) is 0 Å². The molecule has 0 saturated heterocycles. The van der Waals surface area contributed by atoms with Crippen molar-refractivity contribution in [2.24, 2.45) is 13.0 Å². The largest absolute Gasteiger partial charge is 0.326 e. The van der Waals surface area contributed by atoms with Crippen LogP contribution in [-0.4, -0.2) is 26.1 Å². The Morgan fingerprint density at radius 3 is 2.94 bits per heavy atom. The molecule has 6 heteroatoms. The van der Waals surface area contributed by atoms with E-state index < -0.39 is 0 Å². The highest BCUT2D eigenvalue weighted by Crippen LogP contribution is 2.30. The molecule has 1 aliphatic rings. The molecule has 2 aromatic rings. The minimum Gasteiger partial charge on any atom is -0.326 e. The smallest absolute Gasteiger partial charge is 0.227 e. The van der Waals surface area contributed by atoms with Crippen LogP contribution < -0.4 is 5.32 Å². The molecule has 1 N–H and O–H groups in total. The maximum Gasteiger partial charge on any atom is 0.227 e. The van der Waals surface area contributed by atoms with E-state index in [1.54, 1.807) is 11.7 Å². The summed E-state index contributed by atoms with van der Waals surface area (Å²) in [5.41, 5.74) is 1.67. The molecule has 0 atom stereocenters. The highest BCUT2D eigenvalue weighted by molar-refractivity contribution is 5.94. The van der Waals surface area contributed by atoms with Crippen molar-refractivity contribution in [2.45, 2.75) is 12.8 Å². The molecule has 1 heterocycles. The molecule has 1 saturated carbocycles. The van der Waals surface area contributed by atoms with Crippen molar-refractivity contribution in [3.8, 4) is 11.4 Å². The van der Waals surface area contributed by atoms with Gasteiger partial charge in [-0.1, -0.05) is 12.1 Å². The van der Waals surface area contributed by atoms with Crippen LogP contribution in [0.25, 0.3) is 11.4 Å². The SMILES string of the molecule is Cn1nnnc1-c1cccc(NC(=O)C2CC2)c1. The lowest BCUT2D eigenvalue weighted by atomic mass is 10.2. The molecule has 0 radical (unpaired) electrons. The Balaban J connectivity index is 1.84. The van der Waals surface area contributed by atoms with Crippen LogP contribution >= 0.6 is 0 Å². The first-order valence-corrected chi connectivity index (χ1v) is 5.88. The van der Waals surface area contributed by atoms with Crippen LogP contribution in [0.15, 0.2) is 24.3 Å². The predicted octanol–water partition coefficient (Wildman–Crippen LogP) is 1.23. The molecule has 92 valence electrons. The van der Waals surface area contributed by atoms with Gasteiger partial charge in [-0.2, -0.15) is 0 Å². The van der Waals surface area contributed by atoms with E-state index >= 15 is 0 Å². The van der Waals surface area contributed by atoms with Crippen molar-refractivity contribution in [3.63, 3.8) is 0 Å². The summed E-state index contributed by atoms with van der Waals surface area (Å²) < 4.78 is 1.60. The van der Waals surface area contributed by atoms with E-state index in [1.165, 1.54) is 0 Å². The summed E-state index contributed by atoms with van der Waals surface area (Å²) in [6.07, 6.45) is 2.00. The predicted molar refractivity (Wildman–Crippen MR) is 65.6 cm³/mol. The summed E-state index contributed by atoms with van der Waals surface area (Å²) in [6, 6.07) is 7.55. The van der Waals surface area contributed by atoms with E-state index in [0.717, 1.165) is 24.1 Å². The van der Waals surface area contributed by atoms with Crippen LogP contribution in [-0.2, 0) is 11.8 Å². The van der Waals surface area contributed by atoms with Crippen molar-refractivity contribution >= 4 is 11.6 Å². The van der Waals surface area contributed by atoms with Crippen molar-refractivity contribution in [2.75, 3.05) is 5.32 Å². The van der Waals surface area contributed by atoms with Gasteiger partial charge in [-0.25, -0.2) is 4.68 Å². The molecule has 0 bridgehead atoms. The van der Waals surface area contributed by atoms with Gasteiger partial charge in [0, 0.05) is 24.2 Å². The van der Waals surface area contributed by atoms with Gasteiger partial charge in [0.05, 0.1) is 0 Å². The first kappa shape index (κ1) is 10.9. The summed E-state index contributed by atoms with van der Waals surface area (Å²) in [5, 5.41) is 14.2. The Morgan fingerprint density at radius 1 is 1.44 bits per heavy atom.